The molecule has 0 fully saturated rings. The number of esters is 1. The van der Waals surface area contributed by atoms with E-state index in [4.69, 9.17) is 10.5 Å². The van der Waals surface area contributed by atoms with Gasteiger partial charge in [0.2, 0.25) is 0 Å². The van der Waals surface area contributed by atoms with Crippen LogP contribution >= 0.6 is 0 Å². The van der Waals surface area contributed by atoms with E-state index in [0.717, 1.165) is 19.4 Å². The Balaban J connectivity index is 2.00. The molecule has 0 amide bonds. The molecule has 4 heteroatoms. The molecule has 110 valence electrons. The van der Waals surface area contributed by atoms with Crippen molar-refractivity contribution < 1.29 is 9.53 Å². The van der Waals surface area contributed by atoms with Gasteiger partial charge in [0.25, 0.3) is 0 Å². The van der Waals surface area contributed by atoms with Gasteiger partial charge in [-0.2, -0.15) is 0 Å². The van der Waals surface area contributed by atoms with Gasteiger partial charge in [-0.3, -0.25) is 4.79 Å². The highest BCUT2D eigenvalue weighted by atomic mass is 16.5. The number of carbonyl (C=O) groups excluding carboxylic acids is 1. The van der Waals surface area contributed by atoms with E-state index in [1.807, 2.05) is 0 Å². The third-order valence-corrected chi connectivity index (χ3v) is 3.93. The second kappa shape index (κ2) is 6.75. The fourth-order valence-electron chi connectivity index (χ4n) is 2.75. The van der Waals surface area contributed by atoms with Crippen LogP contribution in [0.2, 0.25) is 0 Å². The lowest BCUT2D eigenvalue weighted by Gasteiger charge is -2.37. The van der Waals surface area contributed by atoms with Gasteiger partial charge in [0.1, 0.15) is 6.04 Å². The summed E-state index contributed by atoms with van der Waals surface area (Å²) in [5, 5.41) is 0. The van der Waals surface area contributed by atoms with E-state index < -0.39 is 6.04 Å². The van der Waals surface area contributed by atoms with Crippen LogP contribution in [0.5, 0.6) is 0 Å². The molecule has 2 rings (SSSR count). The molecule has 4 nitrogen and oxygen atoms in total. The molecule has 2 atom stereocenters. The van der Waals surface area contributed by atoms with Crippen LogP contribution in [0.4, 0.5) is 5.69 Å². The molecule has 2 N–H and O–H groups in total. The second-order valence-electron chi connectivity index (χ2n) is 5.36. The van der Waals surface area contributed by atoms with Crippen LogP contribution in [-0.2, 0) is 16.0 Å². The van der Waals surface area contributed by atoms with E-state index in [1.165, 1.54) is 11.3 Å². The average Bonchev–Trinajstić information content (AvgIpc) is 2.46. The Morgan fingerprint density at radius 3 is 3.00 bits per heavy atom. The monoisotopic (exact) mass is 276 g/mol. The molecule has 0 radical (unpaired) electrons. The molecule has 0 bridgehead atoms. The van der Waals surface area contributed by atoms with Crippen LogP contribution in [-0.4, -0.2) is 31.2 Å². The van der Waals surface area contributed by atoms with Gasteiger partial charge in [-0.1, -0.05) is 18.2 Å². The number of anilines is 1. The van der Waals surface area contributed by atoms with Crippen LogP contribution in [0.25, 0.3) is 0 Å². The van der Waals surface area contributed by atoms with Crippen molar-refractivity contribution in [3.05, 3.63) is 29.8 Å². The summed E-state index contributed by atoms with van der Waals surface area (Å²) in [5.41, 5.74) is 8.55. The van der Waals surface area contributed by atoms with Gasteiger partial charge in [-0.05, 0) is 44.7 Å². The highest BCUT2D eigenvalue weighted by molar-refractivity contribution is 5.75. The molecule has 0 aromatic heterocycles. The topological polar surface area (TPSA) is 55.6 Å². The molecule has 1 aromatic carbocycles. The van der Waals surface area contributed by atoms with E-state index in [-0.39, 0.29) is 5.97 Å². The Labute approximate surface area is 120 Å². The zero-order valence-electron chi connectivity index (χ0n) is 12.3. The molecule has 0 saturated heterocycles. The normalized spacial score (nSPS) is 19.4. The number of benzene rings is 1. The van der Waals surface area contributed by atoms with E-state index in [0.29, 0.717) is 19.1 Å². The highest BCUT2D eigenvalue weighted by Gasteiger charge is 2.24. The number of para-hydroxylation sites is 1. The maximum atomic E-state index is 11.6. The summed E-state index contributed by atoms with van der Waals surface area (Å²) in [7, 11) is 0. The third kappa shape index (κ3) is 3.31. The predicted molar refractivity (Wildman–Crippen MR) is 80.8 cm³/mol. The summed E-state index contributed by atoms with van der Waals surface area (Å²) in [6.45, 7) is 5.20. The number of fused-ring (bicyclic) bond motifs is 1. The number of rotatable bonds is 5. The lowest BCUT2D eigenvalue weighted by molar-refractivity contribution is -0.144. The number of nitrogens with zero attached hydrogens (tertiary/aromatic N) is 1. The number of hydrogen-bond donors (Lipinski definition) is 1. The number of hydrogen-bond acceptors (Lipinski definition) is 4. The Hall–Kier alpha value is -1.55. The second-order valence-corrected chi connectivity index (χ2v) is 5.36. The first-order chi connectivity index (χ1) is 9.63. The molecule has 2 unspecified atom stereocenters. The molecule has 1 aliphatic heterocycles. The molecular weight excluding hydrogens is 252 g/mol. The first-order valence-corrected chi connectivity index (χ1v) is 7.40. The Bertz CT molecular complexity index is 462. The van der Waals surface area contributed by atoms with Crippen LogP contribution in [0.3, 0.4) is 0 Å². The first-order valence-electron chi connectivity index (χ1n) is 7.40. The molecule has 0 aliphatic carbocycles. The maximum Gasteiger partial charge on any atom is 0.322 e. The molecule has 0 saturated carbocycles. The Morgan fingerprint density at radius 1 is 1.50 bits per heavy atom. The summed E-state index contributed by atoms with van der Waals surface area (Å²) in [5.74, 6) is -0.301. The van der Waals surface area contributed by atoms with Gasteiger partial charge in [0, 0.05) is 18.3 Å². The summed E-state index contributed by atoms with van der Waals surface area (Å²) >= 11 is 0. The van der Waals surface area contributed by atoms with Crippen molar-refractivity contribution in [1.29, 1.82) is 0 Å². The highest BCUT2D eigenvalue weighted by Crippen LogP contribution is 2.30. The van der Waals surface area contributed by atoms with Crippen molar-refractivity contribution in [1.82, 2.24) is 0 Å². The minimum Gasteiger partial charge on any atom is -0.465 e. The van der Waals surface area contributed by atoms with Crippen LogP contribution < -0.4 is 10.6 Å². The van der Waals surface area contributed by atoms with E-state index >= 15 is 0 Å². The number of aryl methyl sites for hydroxylation is 1. The summed E-state index contributed by atoms with van der Waals surface area (Å²) in [4.78, 5) is 13.9. The van der Waals surface area contributed by atoms with E-state index in [9.17, 15) is 4.79 Å². The zero-order chi connectivity index (χ0) is 14.5. The van der Waals surface area contributed by atoms with Gasteiger partial charge in [-0.15, -0.1) is 0 Å². The molecule has 0 spiro atoms. The zero-order valence-corrected chi connectivity index (χ0v) is 12.3. The van der Waals surface area contributed by atoms with E-state index in [1.54, 1.807) is 6.92 Å². The molecular formula is C16H24N2O2. The number of carbonyl (C=O) groups is 1. The largest absolute Gasteiger partial charge is 0.465 e. The molecule has 1 aliphatic rings. The smallest absolute Gasteiger partial charge is 0.322 e. The lowest BCUT2D eigenvalue weighted by Crippen LogP contribution is -2.42. The average molecular weight is 276 g/mol. The fraction of sp³-hybridized carbons (Fsp3) is 0.562. The summed E-state index contributed by atoms with van der Waals surface area (Å²) < 4.78 is 4.96. The van der Waals surface area contributed by atoms with Gasteiger partial charge < -0.3 is 15.4 Å². The first kappa shape index (κ1) is 14.9. The van der Waals surface area contributed by atoms with Crippen LogP contribution in [0.1, 0.15) is 32.3 Å². The number of ether oxygens (including phenoxy) is 1. The van der Waals surface area contributed by atoms with Crippen LogP contribution in [0.15, 0.2) is 24.3 Å². The molecule has 1 aromatic rings. The quantitative estimate of drug-likeness (QED) is 0.837. The maximum absolute atomic E-state index is 11.6. The van der Waals surface area contributed by atoms with Crippen molar-refractivity contribution in [3.63, 3.8) is 0 Å². The van der Waals surface area contributed by atoms with Gasteiger partial charge >= 0.3 is 5.97 Å². The fourth-order valence-corrected chi connectivity index (χ4v) is 2.75. The van der Waals surface area contributed by atoms with Gasteiger partial charge in [-0.25, -0.2) is 0 Å². The van der Waals surface area contributed by atoms with E-state index in [2.05, 4.69) is 36.1 Å². The van der Waals surface area contributed by atoms with Crippen molar-refractivity contribution in [3.8, 4) is 0 Å². The molecule has 20 heavy (non-hydrogen) atoms. The van der Waals surface area contributed by atoms with Crippen LogP contribution in [0, 0.1) is 0 Å². The van der Waals surface area contributed by atoms with Crippen molar-refractivity contribution in [2.24, 2.45) is 5.73 Å². The van der Waals surface area contributed by atoms with Crippen molar-refractivity contribution >= 4 is 11.7 Å². The Kier molecular flexibility index (Phi) is 5.01. The van der Waals surface area contributed by atoms with Crippen molar-refractivity contribution in [2.45, 2.75) is 45.2 Å². The SMILES string of the molecule is CCOC(=O)C(N)CCN1c2ccccc2CCC1C. The summed E-state index contributed by atoms with van der Waals surface area (Å²) in [6.07, 6.45) is 2.89. The van der Waals surface area contributed by atoms with Gasteiger partial charge in [0.05, 0.1) is 6.61 Å². The third-order valence-electron chi connectivity index (χ3n) is 3.93. The Morgan fingerprint density at radius 2 is 2.25 bits per heavy atom. The minimum atomic E-state index is -0.531. The minimum absolute atomic E-state index is 0.301. The molecule has 1 heterocycles. The number of nitrogens with two attached hydrogens (primary N) is 1. The van der Waals surface area contributed by atoms with Gasteiger partial charge in [0.15, 0.2) is 0 Å². The lowest BCUT2D eigenvalue weighted by atomic mass is 9.96. The standard InChI is InChI=1S/C16H24N2O2/c1-3-20-16(19)14(17)10-11-18-12(2)8-9-13-6-4-5-7-15(13)18/h4-7,12,14H,3,8-11,17H2,1-2H3. The predicted octanol–water partition coefficient (Wildman–Crippen LogP) is 2.11. The van der Waals surface area contributed by atoms with Crippen molar-refractivity contribution in [2.75, 3.05) is 18.1 Å². The summed E-state index contributed by atoms with van der Waals surface area (Å²) in [6, 6.07) is 8.43.